The van der Waals surface area contributed by atoms with Crippen LogP contribution in [0.2, 0.25) is 0 Å². The summed E-state index contributed by atoms with van der Waals surface area (Å²) in [6.07, 6.45) is 6.78. The van der Waals surface area contributed by atoms with Crippen LogP contribution in [0.15, 0.2) is 0 Å². The molecule has 16 heavy (non-hydrogen) atoms. The molecule has 0 aromatic rings. The third-order valence-corrected chi connectivity index (χ3v) is 3.57. The van der Waals surface area contributed by atoms with Crippen molar-refractivity contribution in [1.29, 1.82) is 0 Å². The molecule has 4 heteroatoms. The zero-order valence-corrected chi connectivity index (χ0v) is 10.0. The van der Waals surface area contributed by atoms with Crippen LogP contribution in [0.3, 0.4) is 0 Å². The van der Waals surface area contributed by atoms with Crippen molar-refractivity contribution < 1.29 is 9.90 Å². The Balaban J connectivity index is 2.29. The molecule has 1 aliphatic rings. The van der Waals surface area contributed by atoms with E-state index in [1.807, 2.05) is 0 Å². The van der Waals surface area contributed by atoms with Crippen LogP contribution in [0.25, 0.3) is 0 Å². The smallest absolute Gasteiger partial charge is 0.220 e. The number of carbonyl (C=O) groups excluding carboxylic acids is 1. The predicted octanol–water partition coefficient (Wildman–Crippen LogP) is 0.784. The van der Waals surface area contributed by atoms with E-state index in [4.69, 9.17) is 10.8 Å². The minimum absolute atomic E-state index is 0.0923. The number of aliphatic hydroxyl groups is 1. The highest BCUT2D eigenvalue weighted by Crippen LogP contribution is 2.40. The average molecular weight is 228 g/mol. The highest BCUT2D eigenvalue weighted by molar-refractivity contribution is 5.75. The van der Waals surface area contributed by atoms with Gasteiger partial charge >= 0.3 is 0 Å². The van der Waals surface area contributed by atoms with E-state index in [0.29, 0.717) is 13.0 Å². The molecule has 94 valence electrons. The minimum atomic E-state index is 0.0923. The van der Waals surface area contributed by atoms with Gasteiger partial charge in [0.05, 0.1) is 0 Å². The topological polar surface area (TPSA) is 75.4 Å². The van der Waals surface area contributed by atoms with Crippen LogP contribution >= 0.6 is 0 Å². The molecule has 4 N–H and O–H groups in total. The van der Waals surface area contributed by atoms with E-state index in [1.165, 1.54) is 12.8 Å². The quantitative estimate of drug-likeness (QED) is 0.603. The monoisotopic (exact) mass is 228 g/mol. The SMILES string of the molecule is NCCCC(=O)NCC1(CCO)CCCC1. The Labute approximate surface area is 97.6 Å². The van der Waals surface area contributed by atoms with Gasteiger partial charge in [-0.05, 0) is 37.6 Å². The first-order valence-electron chi connectivity index (χ1n) is 6.30. The lowest BCUT2D eigenvalue weighted by Gasteiger charge is -2.28. The molecule has 0 heterocycles. The molecule has 1 amide bonds. The van der Waals surface area contributed by atoms with Crippen LogP contribution in [0, 0.1) is 5.41 Å². The first-order valence-corrected chi connectivity index (χ1v) is 6.30. The zero-order chi connectivity index (χ0) is 11.9. The molecule has 0 spiro atoms. The van der Waals surface area contributed by atoms with Gasteiger partial charge in [0.1, 0.15) is 0 Å². The standard InChI is InChI=1S/C12H24N2O2/c13-8-3-4-11(16)14-10-12(7-9-15)5-1-2-6-12/h15H,1-10,13H2,(H,14,16). The van der Waals surface area contributed by atoms with Gasteiger partial charge in [-0.25, -0.2) is 0 Å². The fraction of sp³-hybridized carbons (Fsp3) is 0.917. The van der Waals surface area contributed by atoms with Crippen molar-refractivity contribution in [1.82, 2.24) is 5.32 Å². The highest BCUT2D eigenvalue weighted by Gasteiger charge is 2.33. The number of carbonyl (C=O) groups is 1. The van der Waals surface area contributed by atoms with Crippen LogP contribution in [0.5, 0.6) is 0 Å². The lowest BCUT2D eigenvalue weighted by atomic mass is 9.83. The summed E-state index contributed by atoms with van der Waals surface area (Å²) >= 11 is 0. The normalized spacial score (nSPS) is 18.6. The second-order valence-corrected chi connectivity index (χ2v) is 4.85. The van der Waals surface area contributed by atoms with Gasteiger partial charge in [0.2, 0.25) is 5.91 Å². The molecule has 4 nitrogen and oxygen atoms in total. The zero-order valence-electron chi connectivity index (χ0n) is 10.0. The second-order valence-electron chi connectivity index (χ2n) is 4.85. The van der Waals surface area contributed by atoms with Crippen molar-refractivity contribution in [2.45, 2.75) is 44.9 Å². The van der Waals surface area contributed by atoms with Crippen molar-refractivity contribution in [3.05, 3.63) is 0 Å². The van der Waals surface area contributed by atoms with Gasteiger partial charge in [0.25, 0.3) is 0 Å². The van der Waals surface area contributed by atoms with Crippen molar-refractivity contribution >= 4 is 5.91 Å². The summed E-state index contributed by atoms with van der Waals surface area (Å²) in [5.74, 6) is 0.0923. The summed E-state index contributed by atoms with van der Waals surface area (Å²) in [7, 11) is 0. The van der Waals surface area contributed by atoms with E-state index in [-0.39, 0.29) is 17.9 Å². The molecular weight excluding hydrogens is 204 g/mol. The lowest BCUT2D eigenvalue weighted by Crippen LogP contribution is -2.36. The Hall–Kier alpha value is -0.610. The van der Waals surface area contributed by atoms with E-state index in [0.717, 1.165) is 32.2 Å². The van der Waals surface area contributed by atoms with Crippen LogP contribution in [0.4, 0.5) is 0 Å². The number of rotatable bonds is 7. The molecule has 0 aromatic heterocycles. The van der Waals surface area contributed by atoms with E-state index in [2.05, 4.69) is 5.32 Å². The summed E-state index contributed by atoms with van der Waals surface area (Å²) in [5.41, 5.74) is 5.52. The lowest BCUT2D eigenvalue weighted by molar-refractivity contribution is -0.121. The number of nitrogens with two attached hydrogens (primary N) is 1. The van der Waals surface area contributed by atoms with Crippen LogP contribution in [0.1, 0.15) is 44.9 Å². The molecule has 0 aromatic carbocycles. The summed E-state index contributed by atoms with van der Waals surface area (Å²) in [6.45, 7) is 1.50. The van der Waals surface area contributed by atoms with E-state index in [9.17, 15) is 4.79 Å². The van der Waals surface area contributed by atoms with Crippen molar-refractivity contribution in [3.8, 4) is 0 Å². The molecule has 0 atom stereocenters. The second kappa shape index (κ2) is 6.86. The van der Waals surface area contributed by atoms with Crippen molar-refractivity contribution in [3.63, 3.8) is 0 Å². The average Bonchev–Trinajstić information content (AvgIpc) is 2.73. The number of amides is 1. The van der Waals surface area contributed by atoms with Gasteiger partial charge in [-0.1, -0.05) is 12.8 Å². The first-order chi connectivity index (χ1) is 7.72. The Kier molecular flexibility index (Phi) is 5.77. The van der Waals surface area contributed by atoms with Gasteiger partial charge in [-0.3, -0.25) is 4.79 Å². The van der Waals surface area contributed by atoms with Crippen molar-refractivity contribution in [2.75, 3.05) is 19.7 Å². The van der Waals surface area contributed by atoms with Crippen LogP contribution < -0.4 is 11.1 Å². The maximum absolute atomic E-state index is 11.5. The number of hydrogen-bond donors (Lipinski definition) is 3. The first kappa shape index (κ1) is 13.5. The van der Waals surface area contributed by atoms with Gasteiger partial charge in [0.15, 0.2) is 0 Å². The molecule has 0 radical (unpaired) electrons. The number of hydrogen-bond acceptors (Lipinski definition) is 3. The molecule has 1 rings (SSSR count). The molecular formula is C12H24N2O2. The molecule has 1 saturated carbocycles. The van der Waals surface area contributed by atoms with E-state index < -0.39 is 0 Å². The summed E-state index contributed by atoms with van der Waals surface area (Å²) in [4.78, 5) is 11.5. The maximum Gasteiger partial charge on any atom is 0.220 e. The van der Waals surface area contributed by atoms with Gasteiger partial charge < -0.3 is 16.2 Å². The molecule has 0 unspecified atom stereocenters. The molecule has 0 bridgehead atoms. The third-order valence-electron chi connectivity index (χ3n) is 3.57. The Morgan fingerprint density at radius 2 is 2.06 bits per heavy atom. The Morgan fingerprint density at radius 3 is 2.62 bits per heavy atom. The predicted molar refractivity (Wildman–Crippen MR) is 63.9 cm³/mol. The third kappa shape index (κ3) is 4.10. The summed E-state index contributed by atoms with van der Waals surface area (Å²) < 4.78 is 0. The Bertz CT molecular complexity index is 213. The van der Waals surface area contributed by atoms with Gasteiger partial charge in [0, 0.05) is 19.6 Å². The van der Waals surface area contributed by atoms with Crippen LogP contribution in [-0.2, 0) is 4.79 Å². The largest absolute Gasteiger partial charge is 0.396 e. The fourth-order valence-electron chi connectivity index (χ4n) is 2.51. The van der Waals surface area contributed by atoms with Gasteiger partial charge in [-0.15, -0.1) is 0 Å². The minimum Gasteiger partial charge on any atom is -0.396 e. The number of nitrogens with one attached hydrogen (secondary N) is 1. The Morgan fingerprint density at radius 1 is 1.38 bits per heavy atom. The van der Waals surface area contributed by atoms with E-state index >= 15 is 0 Å². The molecule has 1 aliphatic carbocycles. The van der Waals surface area contributed by atoms with Crippen molar-refractivity contribution in [2.24, 2.45) is 11.1 Å². The fourth-order valence-corrected chi connectivity index (χ4v) is 2.51. The summed E-state index contributed by atoms with van der Waals surface area (Å²) in [5, 5.41) is 12.0. The van der Waals surface area contributed by atoms with Gasteiger partial charge in [-0.2, -0.15) is 0 Å². The maximum atomic E-state index is 11.5. The van der Waals surface area contributed by atoms with Crippen LogP contribution in [-0.4, -0.2) is 30.7 Å². The molecule has 0 saturated heterocycles. The molecule has 1 fully saturated rings. The number of aliphatic hydroxyl groups excluding tert-OH is 1. The van der Waals surface area contributed by atoms with E-state index in [1.54, 1.807) is 0 Å². The highest BCUT2D eigenvalue weighted by atomic mass is 16.3. The molecule has 0 aliphatic heterocycles. The summed E-state index contributed by atoms with van der Waals surface area (Å²) in [6, 6.07) is 0.